The predicted octanol–water partition coefficient (Wildman–Crippen LogP) is 2.72. The first-order chi connectivity index (χ1) is 14.5. The number of rotatable bonds is 5. The standard InChI is InChI=1S/C20H23N3O7S/c1-11-10-31-17-14(21-19(26)30-20(2,3)4)16(24)22(17)15(11)18(25)29-9-12-5-7-13(8-6-12)23(27)28/h5-8,14,17H,9-10H2,1-4H3,(H,21,26)/t14-,17+/m1/s1. The van der Waals surface area contributed by atoms with Crippen molar-refractivity contribution in [3.63, 3.8) is 0 Å². The molecule has 0 aliphatic carbocycles. The van der Waals surface area contributed by atoms with Gasteiger partial charge in [-0.05, 0) is 51.0 Å². The second kappa shape index (κ2) is 8.58. The molecule has 2 heterocycles. The highest BCUT2D eigenvalue weighted by molar-refractivity contribution is 8.00. The van der Waals surface area contributed by atoms with Gasteiger partial charge in [0.1, 0.15) is 29.3 Å². The number of fused-ring (bicyclic) bond motifs is 1. The number of nitro benzene ring substituents is 1. The Kier molecular flexibility index (Phi) is 6.25. The summed E-state index contributed by atoms with van der Waals surface area (Å²) in [5, 5.41) is 12.9. The normalized spacial score (nSPS) is 20.5. The van der Waals surface area contributed by atoms with E-state index in [0.717, 1.165) is 0 Å². The molecule has 0 saturated carbocycles. The second-order valence-corrected chi connectivity index (χ2v) is 9.27. The summed E-state index contributed by atoms with van der Waals surface area (Å²) in [4.78, 5) is 49.0. The fourth-order valence-electron chi connectivity index (χ4n) is 3.13. The predicted molar refractivity (Wildman–Crippen MR) is 112 cm³/mol. The van der Waals surface area contributed by atoms with Gasteiger partial charge in [0.05, 0.1) is 4.92 Å². The Morgan fingerprint density at radius 3 is 2.52 bits per heavy atom. The van der Waals surface area contributed by atoms with Crippen molar-refractivity contribution in [2.75, 3.05) is 5.75 Å². The van der Waals surface area contributed by atoms with E-state index < -0.39 is 39.9 Å². The van der Waals surface area contributed by atoms with Crippen molar-refractivity contribution in [2.24, 2.45) is 0 Å². The molecule has 31 heavy (non-hydrogen) atoms. The molecular weight excluding hydrogens is 426 g/mol. The molecule has 0 unspecified atom stereocenters. The molecule has 0 aromatic heterocycles. The van der Waals surface area contributed by atoms with Crippen LogP contribution in [0, 0.1) is 10.1 Å². The molecule has 0 bridgehead atoms. The lowest BCUT2D eigenvalue weighted by atomic mass is 10.0. The lowest BCUT2D eigenvalue weighted by Gasteiger charge is -2.49. The average Bonchev–Trinajstić information content (AvgIpc) is 2.69. The molecule has 1 fully saturated rings. The summed E-state index contributed by atoms with van der Waals surface area (Å²) in [5.74, 6) is -0.571. The van der Waals surface area contributed by atoms with Crippen LogP contribution in [-0.4, -0.2) is 50.6 Å². The van der Waals surface area contributed by atoms with E-state index in [0.29, 0.717) is 16.9 Å². The third kappa shape index (κ3) is 4.98. The van der Waals surface area contributed by atoms with Crippen LogP contribution in [0.25, 0.3) is 0 Å². The number of β-lactam (4-membered cyclic amide) rings is 1. The summed E-state index contributed by atoms with van der Waals surface area (Å²) in [5.41, 5.74) is 0.685. The maximum atomic E-state index is 12.7. The molecule has 0 spiro atoms. The zero-order chi connectivity index (χ0) is 22.9. The second-order valence-electron chi connectivity index (χ2n) is 8.16. The minimum absolute atomic E-state index is 0.0597. The van der Waals surface area contributed by atoms with Crippen LogP contribution in [0.5, 0.6) is 0 Å². The monoisotopic (exact) mass is 449 g/mol. The molecule has 1 saturated heterocycles. The Labute approximate surface area is 183 Å². The average molecular weight is 449 g/mol. The fraction of sp³-hybridized carbons (Fsp3) is 0.450. The smallest absolute Gasteiger partial charge is 0.408 e. The van der Waals surface area contributed by atoms with Crippen LogP contribution in [0.3, 0.4) is 0 Å². The Morgan fingerprint density at radius 2 is 1.94 bits per heavy atom. The van der Waals surface area contributed by atoms with Crippen molar-refractivity contribution in [1.82, 2.24) is 10.2 Å². The summed E-state index contributed by atoms with van der Waals surface area (Å²) in [6, 6.07) is 4.87. The molecule has 3 rings (SSSR count). The fourth-order valence-corrected chi connectivity index (χ4v) is 4.42. The first-order valence-electron chi connectivity index (χ1n) is 9.52. The van der Waals surface area contributed by atoms with Gasteiger partial charge >= 0.3 is 12.1 Å². The van der Waals surface area contributed by atoms with E-state index in [1.165, 1.54) is 40.9 Å². The van der Waals surface area contributed by atoms with Gasteiger partial charge in [0, 0.05) is 17.9 Å². The third-order valence-corrected chi connectivity index (χ3v) is 5.97. The lowest BCUT2D eigenvalue weighted by molar-refractivity contribution is -0.384. The van der Waals surface area contributed by atoms with Crippen LogP contribution in [0.2, 0.25) is 0 Å². The number of alkyl carbamates (subject to hydrolysis) is 1. The molecular formula is C20H23N3O7S. The first-order valence-corrected chi connectivity index (χ1v) is 10.6. The minimum Gasteiger partial charge on any atom is -0.456 e. The number of nitro groups is 1. The highest BCUT2D eigenvalue weighted by atomic mass is 32.2. The van der Waals surface area contributed by atoms with Crippen molar-refractivity contribution in [1.29, 1.82) is 0 Å². The number of nitrogens with zero attached hydrogens (tertiary/aromatic N) is 2. The Hall–Kier alpha value is -3.08. The van der Waals surface area contributed by atoms with Gasteiger partial charge in [-0.15, -0.1) is 11.8 Å². The molecule has 0 radical (unpaired) electrons. The van der Waals surface area contributed by atoms with Crippen LogP contribution in [0.1, 0.15) is 33.3 Å². The van der Waals surface area contributed by atoms with Gasteiger partial charge in [-0.1, -0.05) is 0 Å². The highest BCUT2D eigenvalue weighted by Gasteiger charge is 2.54. The molecule has 11 heteroatoms. The Balaban J connectivity index is 1.64. The number of hydrogen-bond acceptors (Lipinski definition) is 8. The molecule has 1 aromatic carbocycles. The first kappa shape index (κ1) is 22.6. The van der Waals surface area contributed by atoms with E-state index in [1.54, 1.807) is 27.7 Å². The van der Waals surface area contributed by atoms with E-state index >= 15 is 0 Å². The van der Waals surface area contributed by atoms with Gasteiger partial charge < -0.3 is 14.8 Å². The van der Waals surface area contributed by atoms with E-state index in [9.17, 15) is 24.5 Å². The maximum absolute atomic E-state index is 12.7. The van der Waals surface area contributed by atoms with Crippen molar-refractivity contribution in [3.05, 3.63) is 51.2 Å². The Bertz CT molecular complexity index is 953. The van der Waals surface area contributed by atoms with Crippen molar-refractivity contribution < 1.29 is 28.8 Å². The number of carbonyl (C=O) groups excluding carboxylic acids is 3. The molecule has 1 aromatic rings. The molecule has 1 N–H and O–H groups in total. The van der Waals surface area contributed by atoms with Gasteiger partial charge in [0.2, 0.25) is 0 Å². The molecule has 2 aliphatic rings. The van der Waals surface area contributed by atoms with Gasteiger partial charge in [0.15, 0.2) is 0 Å². The number of thioether (sulfide) groups is 1. The van der Waals surface area contributed by atoms with Crippen LogP contribution in [0.4, 0.5) is 10.5 Å². The zero-order valence-corrected chi connectivity index (χ0v) is 18.4. The summed E-state index contributed by atoms with van der Waals surface area (Å²) in [6.07, 6.45) is -0.695. The zero-order valence-electron chi connectivity index (χ0n) is 17.5. The van der Waals surface area contributed by atoms with Crippen molar-refractivity contribution >= 4 is 35.4 Å². The summed E-state index contributed by atoms with van der Waals surface area (Å²) < 4.78 is 10.5. The third-order valence-electron chi connectivity index (χ3n) is 4.54. The molecule has 2 amide bonds. The number of carbonyl (C=O) groups is 3. The molecule has 166 valence electrons. The number of nitrogens with one attached hydrogen (secondary N) is 1. The SMILES string of the molecule is CC1=C(C(=O)OCc2ccc([N+](=O)[O-])cc2)N2C(=O)[C@@H](NC(=O)OC(C)(C)C)[C@@H]2SC1. The number of esters is 1. The topological polar surface area (TPSA) is 128 Å². The van der Waals surface area contributed by atoms with Gasteiger partial charge in [-0.3, -0.25) is 19.8 Å². The van der Waals surface area contributed by atoms with Gasteiger partial charge in [0.25, 0.3) is 11.6 Å². The maximum Gasteiger partial charge on any atom is 0.408 e. The molecule has 10 nitrogen and oxygen atoms in total. The summed E-state index contributed by atoms with van der Waals surface area (Å²) in [7, 11) is 0. The highest BCUT2D eigenvalue weighted by Crippen LogP contribution is 2.40. The van der Waals surface area contributed by atoms with Gasteiger partial charge in [-0.25, -0.2) is 9.59 Å². The van der Waals surface area contributed by atoms with Crippen LogP contribution in [-0.2, 0) is 25.7 Å². The molecule has 2 aliphatic heterocycles. The minimum atomic E-state index is -0.787. The van der Waals surface area contributed by atoms with Crippen LogP contribution < -0.4 is 5.32 Å². The summed E-state index contributed by atoms with van der Waals surface area (Å²) >= 11 is 1.44. The number of benzene rings is 1. The largest absolute Gasteiger partial charge is 0.456 e. The summed E-state index contributed by atoms with van der Waals surface area (Å²) in [6.45, 7) is 6.83. The number of hydrogen-bond donors (Lipinski definition) is 1. The van der Waals surface area contributed by atoms with Crippen molar-refractivity contribution in [2.45, 2.75) is 51.3 Å². The molecule has 2 atom stereocenters. The van der Waals surface area contributed by atoms with E-state index in [-0.39, 0.29) is 18.0 Å². The van der Waals surface area contributed by atoms with Crippen molar-refractivity contribution in [3.8, 4) is 0 Å². The van der Waals surface area contributed by atoms with E-state index in [2.05, 4.69) is 5.32 Å². The van der Waals surface area contributed by atoms with E-state index in [4.69, 9.17) is 9.47 Å². The number of ether oxygens (including phenoxy) is 2. The van der Waals surface area contributed by atoms with Crippen LogP contribution >= 0.6 is 11.8 Å². The Morgan fingerprint density at radius 1 is 1.29 bits per heavy atom. The van der Waals surface area contributed by atoms with Gasteiger partial charge in [-0.2, -0.15) is 0 Å². The quantitative estimate of drug-likeness (QED) is 0.314. The van der Waals surface area contributed by atoms with Crippen LogP contribution in [0.15, 0.2) is 35.5 Å². The number of non-ortho nitro benzene ring substituents is 1. The lowest BCUT2D eigenvalue weighted by Crippen LogP contribution is -2.70. The van der Waals surface area contributed by atoms with E-state index in [1.807, 2.05) is 0 Å². The number of amides is 2.